The Hall–Kier alpha value is -4.26. The average Bonchev–Trinajstić information content (AvgIpc) is 3.07. The lowest BCUT2D eigenvalue weighted by Gasteiger charge is -2.13. The van der Waals surface area contributed by atoms with Gasteiger partial charge in [0.1, 0.15) is 6.54 Å². The van der Waals surface area contributed by atoms with Crippen molar-refractivity contribution < 1.29 is 19.2 Å². The molecule has 0 saturated heterocycles. The zero-order chi connectivity index (χ0) is 22.5. The smallest absolute Gasteiger partial charge is 0.262 e. The van der Waals surface area contributed by atoms with Gasteiger partial charge in [-0.25, -0.2) is 0 Å². The summed E-state index contributed by atoms with van der Waals surface area (Å²) in [7, 11) is 0. The van der Waals surface area contributed by atoms with Crippen LogP contribution >= 0.6 is 0 Å². The van der Waals surface area contributed by atoms with Crippen LogP contribution in [0.5, 0.6) is 0 Å². The SMILES string of the molecule is O=C(CN1C(=O)c2ccccc2C1=O)NCCNC(=O)c1ccc(-c2ccccc2)cc1. The molecule has 3 aromatic carbocycles. The molecule has 4 amide bonds. The van der Waals surface area contributed by atoms with Crippen molar-refractivity contribution in [2.24, 2.45) is 0 Å². The minimum atomic E-state index is -0.479. The molecule has 1 heterocycles. The maximum absolute atomic E-state index is 12.3. The number of fused-ring (bicyclic) bond motifs is 1. The van der Waals surface area contributed by atoms with E-state index >= 15 is 0 Å². The van der Waals surface area contributed by atoms with E-state index < -0.39 is 17.7 Å². The van der Waals surface area contributed by atoms with Gasteiger partial charge in [-0.1, -0.05) is 54.6 Å². The van der Waals surface area contributed by atoms with Crippen LogP contribution in [0.3, 0.4) is 0 Å². The van der Waals surface area contributed by atoms with Crippen LogP contribution in [0.25, 0.3) is 11.1 Å². The highest BCUT2D eigenvalue weighted by Crippen LogP contribution is 2.22. The molecule has 0 saturated carbocycles. The number of carbonyl (C=O) groups is 4. The van der Waals surface area contributed by atoms with Crippen molar-refractivity contribution in [2.45, 2.75) is 0 Å². The first kappa shape index (κ1) is 21.0. The number of nitrogens with zero attached hydrogens (tertiary/aromatic N) is 1. The molecule has 0 aromatic heterocycles. The maximum Gasteiger partial charge on any atom is 0.262 e. The number of rotatable bonds is 7. The fourth-order valence-corrected chi connectivity index (χ4v) is 3.51. The molecule has 4 rings (SSSR count). The summed E-state index contributed by atoms with van der Waals surface area (Å²) >= 11 is 0. The lowest BCUT2D eigenvalue weighted by atomic mass is 10.0. The van der Waals surface area contributed by atoms with Crippen molar-refractivity contribution in [3.05, 3.63) is 95.6 Å². The van der Waals surface area contributed by atoms with Gasteiger partial charge >= 0.3 is 0 Å². The first-order valence-electron chi connectivity index (χ1n) is 10.2. The molecule has 0 fully saturated rings. The average molecular weight is 427 g/mol. The number of carbonyl (C=O) groups excluding carboxylic acids is 4. The first-order chi connectivity index (χ1) is 15.5. The molecule has 160 valence electrons. The zero-order valence-corrected chi connectivity index (χ0v) is 17.2. The van der Waals surface area contributed by atoms with Gasteiger partial charge < -0.3 is 10.6 Å². The Morgan fingerprint density at radius 3 is 1.81 bits per heavy atom. The van der Waals surface area contributed by atoms with Crippen molar-refractivity contribution >= 4 is 23.6 Å². The molecule has 0 radical (unpaired) electrons. The number of amides is 4. The van der Waals surface area contributed by atoms with Gasteiger partial charge in [-0.2, -0.15) is 0 Å². The molecule has 0 atom stereocenters. The summed E-state index contributed by atoms with van der Waals surface area (Å²) < 4.78 is 0. The molecule has 0 aliphatic carbocycles. The number of nitrogens with one attached hydrogen (secondary N) is 2. The summed E-state index contributed by atoms with van der Waals surface area (Å²) in [5, 5.41) is 5.35. The van der Waals surface area contributed by atoms with E-state index in [1.165, 1.54) is 0 Å². The number of hydrogen-bond acceptors (Lipinski definition) is 4. The topological polar surface area (TPSA) is 95.6 Å². The predicted octanol–water partition coefficient (Wildman–Crippen LogP) is 2.50. The molecule has 2 N–H and O–H groups in total. The van der Waals surface area contributed by atoms with E-state index in [-0.39, 0.29) is 25.5 Å². The molecule has 0 spiro atoms. The summed E-state index contributed by atoms with van der Waals surface area (Å²) in [6.07, 6.45) is 0. The Labute approximate surface area is 185 Å². The summed E-state index contributed by atoms with van der Waals surface area (Å²) in [6.45, 7) is 0.0320. The highest BCUT2D eigenvalue weighted by Gasteiger charge is 2.36. The van der Waals surface area contributed by atoms with Gasteiger partial charge in [0.05, 0.1) is 11.1 Å². The third kappa shape index (κ3) is 4.41. The quantitative estimate of drug-likeness (QED) is 0.447. The highest BCUT2D eigenvalue weighted by atomic mass is 16.2. The van der Waals surface area contributed by atoms with Gasteiger partial charge in [-0.05, 0) is 35.4 Å². The second-order valence-electron chi connectivity index (χ2n) is 7.29. The van der Waals surface area contributed by atoms with Gasteiger partial charge in [0.25, 0.3) is 17.7 Å². The molecule has 32 heavy (non-hydrogen) atoms. The van der Waals surface area contributed by atoms with E-state index in [1.54, 1.807) is 36.4 Å². The van der Waals surface area contributed by atoms with Crippen LogP contribution in [0, 0.1) is 0 Å². The zero-order valence-electron chi connectivity index (χ0n) is 17.2. The van der Waals surface area contributed by atoms with Gasteiger partial charge in [-0.15, -0.1) is 0 Å². The van der Waals surface area contributed by atoms with Crippen LogP contribution in [-0.4, -0.2) is 48.2 Å². The molecule has 1 aliphatic heterocycles. The van der Waals surface area contributed by atoms with Crippen molar-refractivity contribution in [1.29, 1.82) is 0 Å². The monoisotopic (exact) mass is 427 g/mol. The Morgan fingerprint density at radius 2 is 1.19 bits per heavy atom. The number of benzene rings is 3. The summed E-state index contributed by atoms with van der Waals surface area (Å²) in [5.41, 5.74) is 3.21. The molecule has 3 aromatic rings. The molecule has 0 bridgehead atoms. The Bertz CT molecular complexity index is 1140. The second-order valence-corrected chi connectivity index (χ2v) is 7.29. The van der Waals surface area contributed by atoms with Crippen molar-refractivity contribution in [3.8, 4) is 11.1 Å². The second kappa shape index (κ2) is 9.26. The van der Waals surface area contributed by atoms with E-state index in [2.05, 4.69) is 10.6 Å². The highest BCUT2D eigenvalue weighted by molar-refractivity contribution is 6.22. The van der Waals surface area contributed by atoms with Gasteiger partial charge in [0.2, 0.25) is 5.91 Å². The molecule has 7 nitrogen and oxygen atoms in total. The maximum atomic E-state index is 12.3. The van der Waals surface area contributed by atoms with Crippen molar-refractivity contribution in [3.63, 3.8) is 0 Å². The van der Waals surface area contributed by atoms with E-state index in [0.717, 1.165) is 16.0 Å². The minimum absolute atomic E-state index is 0.176. The van der Waals surface area contributed by atoms with Crippen LogP contribution in [0.1, 0.15) is 31.1 Å². The molecule has 1 aliphatic rings. The Morgan fingerprint density at radius 1 is 0.656 bits per heavy atom. The summed E-state index contributed by atoms with van der Waals surface area (Å²) in [5.74, 6) is -1.68. The van der Waals surface area contributed by atoms with Crippen LogP contribution in [0.2, 0.25) is 0 Å². The molecule has 0 unspecified atom stereocenters. The standard InChI is InChI=1S/C25H21N3O4/c29-22(16-28-24(31)20-8-4-5-9-21(20)25(28)32)26-14-15-27-23(30)19-12-10-18(11-13-19)17-6-2-1-3-7-17/h1-13H,14-16H2,(H,26,29)(H,27,30). The van der Waals surface area contributed by atoms with E-state index in [4.69, 9.17) is 0 Å². The number of imide groups is 1. The fourth-order valence-electron chi connectivity index (χ4n) is 3.51. The first-order valence-corrected chi connectivity index (χ1v) is 10.2. The molecular weight excluding hydrogens is 406 g/mol. The summed E-state index contributed by atoms with van der Waals surface area (Å²) in [4.78, 5) is 50.0. The van der Waals surface area contributed by atoms with Gasteiger partial charge in [0, 0.05) is 18.7 Å². The predicted molar refractivity (Wildman–Crippen MR) is 119 cm³/mol. The van der Waals surface area contributed by atoms with Crippen molar-refractivity contribution in [2.75, 3.05) is 19.6 Å². The summed E-state index contributed by atoms with van der Waals surface area (Å²) in [6, 6.07) is 23.6. The van der Waals surface area contributed by atoms with Gasteiger partial charge in [0.15, 0.2) is 0 Å². The van der Waals surface area contributed by atoms with E-state index in [0.29, 0.717) is 16.7 Å². The molecular formula is C25H21N3O4. The lowest BCUT2D eigenvalue weighted by molar-refractivity contribution is -0.121. The van der Waals surface area contributed by atoms with Crippen LogP contribution in [0.15, 0.2) is 78.9 Å². The van der Waals surface area contributed by atoms with Crippen LogP contribution in [-0.2, 0) is 4.79 Å². The van der Waals surface area contributed by atoms with Crippen LogP contribution < -0.4 is 10.6 Å². The largest absolute Gasteiger partial charge is 0.353 e. The van der Waals surface area contributed by atoms with E-state index in [9.17, 15) is 19.2 Å². The van der Waals surface area contributed by atoms with E-state index in [1.807, 2.05) is 42.5 Å². The minimum Gasteiger partial charge on any atom is -0.353 e. The molecule has 7 heteroatoms. The lowest BCUT2D eigenvalue weighted by Crippen LogP contribution is -2.42. The third-order valence-electron chi connectivity index (χ3n) is 5.17. The fraction of sp³-hybridized carbons (Fsp3) is 0.120. The Kier molecular flexibility index (Phi) is 6.07. The Balaban J connectivity index is 1.22. The van der Waals surface area contributed by atoms with Crippen molar-refractivity contribution in [1.82, 2.24) is 15.5 Å². The van der Waals surface area contributed by atoms with Gasteiger partial charge in [-0.3, -0.25) is 24.1 Å². The third-order valence-corrected chi connectivity index (χ3v) is 5.17. The normalized spacial score (nSPS) is 12.4. The number of hydrogen-bond donors (Lipinski definition) is 2. The van der Waals surface area contributed by atoms with Crippen LogP contribution in [0.4, 0.5) is 0 Å².